The largest absolute Gasteiger partial charge is 0.467 e. The smallest absolute Gasteiger partial charge is 0.408 e. The van der Waals surface area contributed by atoms with Crippen LogP contribution in [-0.4, -0.2) is 85.6 Å². The number of nitrogens with one attached hydrogen (secondary N) is 3. The lowest BCUT2D eigenvalue weighted by Crippen LogP contribution is -2.50. The summed E-state index contributed by atoms with van der Waals surface area (Å²) < 4.78 is 92.5. The molecule has 3 N–H and O–H groups in total. The van der Waals surface area contributed by atoms with Crippen molar-refractivity contribution in [2.75, 3.05) is 24.8 Å². The number of hydrogen-bond donors (Lipinski definition) is 3. The Bertz CT molecular complexity index is 1700. The zero-order valence-electron chi connectivity index (χ0n) is 30.7. The van der Waals surface area contributed by atoms with Crippen LogP contribution in [0, 0.1) is 11.8 Å². The summed E-state index contributed by atoms with van der Waals surface area (Å²) in [6.07, 6.45) is -17.7. The molecule has 12 nitrogen and oxygen atoms in total. The van der Waals surface area contributed by atoms with Crippen molar-refractivity contribution >= 4 is 53.1 Å². The molecule has 0 aromatic heterocycles. The highest BCUT2D eigenvalue weighted by Crippen LogP contribution is 2.33. The Kier molecular flexibility index (Phi) is 15.5. The number of para-hydroxylation sites is 1. The minimum atomic E-state index is -4.83. The first kappa shape index (κ1) is 44.6. The van der Waals surface area contributed by atoms with Gasteiger partial charge in [0, 0.05) is 42.7 Å². The van der Waals surface area contributed by atoms with Gasteiger partial charge in [-0.2, -0.15) is 26.3 Å². The van der Waals surface area contributed by atoms with E-state index in [9.17, 15) is 50.3 Å². The number of carbonyl (C=O) groups is 5. The van der Waals surface area contributed by atoms with E-state index in [1.807, 2.05) is 0 Å². The van der Waals surface area contributed by atoms with Crippen LogP contribution in [0.25, 0.3) is 0 Å². The minimum Gasteiger partial charge on any atom is -0.467 e. The number of carbonyl (C=O) groups excluding carboxylic acids is 5. The molecule has 0 aliphatic carbocycles. The number of likely N-dealkylation sites (N-methyl/N-ethyl adjacent to an activating group) is 1. The van der Waals surface area contributed by atoms with Gasteiger partial charge in [-0.25, -0.2) is 14.6 Å². The molecule has 3 rings (SSSR count). The Labute approximate surface area is 318 Å². The van der Waals surface area contributed by atoms with E-state index >= 15 is 0 Å². The van der Waals surface area contributed by atoms with Gasteiger partial charge in [0.05, 0.1) is 24.4 Å². The average molecular weight is 804 g/mol. The van der Waals surface area contributed by atoms with Crippen LogP contribution >= 0.6 is 11.9 Å². The van der Waals surface area contributed by atoms with E-state index in [4.69, 9.17) is 4.74 Å². The summed E-state index contributed by atoms with van der Waals surface area (Å²) in [5, 5.41) is 4.66. The standard InChI is InChI=1S/C36H43F6N5O7S/c1-34(2,3)54-33(52)43-25(32(51)53-5)20-55-46-30(49)23(17-19-36(40,41)42)22(15-11-18-35(37,38)39)29(48)45-28-31(50)47(4)26-16-10-9-14-24(26)27(44-28)21-12-7-6-8-13-21/h6-10,12-14,16,22-23,25,28H,11,15,17-20H2,1-5H3,(H,43,52)(H,45,48)(H,46,49)/t22-,23+,25+,28-/m1/s1. The van der Waals surface area contributed by atoms with E-state index in [0.717, 1.165) is 7.11 Å². The highest BCUT2D eigenvalue weighted by Gasteiger charge is 2.41. The third-order valence-corrected chi connectivity index (χ3v) is 8.99. The van der Waals surface area contributed by atoms with E-state index in [-0.39, 0.29) is 5.71 Å². The van der Waals surface area contributed by atoms with Crippen molar-refractivity contribution in [2.45, 2.75) is 83.0 Å². The molecule has 0 unspecified atom stereocenters. The van der Waals surface area contributed by atoms with Crippen LogP contribution in [0.4, 0.5) is 36.8 Å². The summed E-state index contributed by atoms with van der Waals surface area (Å²) in [5.41, 5.74) is 0.795. The maximum atomic E-state index is 14.0. The van der Waals surface area contributed by atoms with Crippen molar-refractivity contribution in [3.05, 3.63) is 65.7 Å². The first-order valence-corrected chi connectivity index (χ1v) is 18.0. The maximum Gasteiger partial charge on any atom is 0.408 e. The molecule has 0 saturated heterocycles. The Hall–Kier alpha value is -4.81. The van der Waals surface area contributed by atoms with Gasteiger partial charge in [-0.3, -0.25) is 19.1 Å². The number of alkyl carbamates (subject to hydrolysis) is 1. The van der Waals surface area contributed by atoms with Gasteiger partial charge >= 0.3 is 24.4 Å². The molecule has 2 aromatic rings. The van der Waals surface area contributed by atoms with Crippen LogP contribution in [0.3, 0.4) is 0 Å². The van der Waals surface area contributed by atoms with Crippen LogP contribution in [0.5, 0.6) is 0 Å². The van der Waals surface area contributed by atoms with Crippen LogP contribution in [-0.2, 0) is 28.7 Å². The molecule has 19 heteroatoms. The quantitative estimate of drug-likeness (QED) is 0.111. The first-order chi connectivity index (χ1) is 25.6. The molecule has 1 aliphatic heterocycles. The number of ether oxygens (including phenoxy) is 2. The fourth-order valence-corrected chi connectivity index (χ4v) is 6.35. The highest BCUT2D eigenvalue weighted by molar-refractivity contribution is 7.98. The fourth-order valence-electron chi connectivity index (χ4n) is 5.59. The van der Waals surface area contributed by atoms with Crippen LogP contribution in [0.2, 0.25) is 0 Å². The van der Waals surface area contributed by atoms with Crippen LogP contribution in [0.1, 0.15) is 64.0 Å². The monoisotopic (exact) mass is 803 g/mol. The number of methoxy groups -OCH3 is 1. The maximum absolute atomic E-state index is 14.0. The predicted octanol–water partition coefficient (Wildman–Crippen LogP) is 6.08. The van der Waals surface area contributed by atoms with E-state index < -0.39 is 110 Å². The number of hydrogen-bond acceptors (Lipinski definition) is 9. The van der Waals surface area contributed by atoms with Gasteiger partial charge in [0.2, 0.25) is 18.0 Å². The number of halogens is 6. The summed E-state index contributed by atoms with van der Waals surface area (Å²) in [5.74, 6) is -8.17. The van der Waals surface area contributed by atoms with Gasteiger partial charge in [-0.1, -0.05) is 48.5 Å². The van der Waals surface area contributed by atoms with Crippen molar-refractivity contribution in [1.29, 1.82) is 0 Å². The number of alkyl halides is 6. The topological polar surface area (TPSA) is 155 Å². The number of rotatable bonds is 15. The second-order valence-corrected chi connectivity index (χ2v) is 14.4. The number of fused-ring (bicyclic) bond motifs is 1. The lowest BCUT2D eigenvalue weighted by Gasteiger charge is -2.28. The molecule has 0 fully saturated rings. The average Bonchev–Trinajstić information content (AvgIpc) is 3.19. The normalized spacial score (nSPS) is 16.4. The third kappa shape index (κ3) is 14.1. The SMILES string of the molecule is COC(=O)[C@H](CSNC(=O)[C@@H](CCC(F)(F)F)[C@@H](CCCC(F)(F)F)C(=O)N[C@H]1N=C(c2ccccc2)c2ccccc2N(C)C1=O)NC(=O)OC(C)(C)C. The molecule has 4 atom stereocenters. The number of anilines is 1. The predicted molar refractivity (Wildman–Crippen MR) is 192 cm³/mol. The number of esters is 1. The van der Waals surface area contributed by atoms with Gasteiger partial charge in [-0.05, 0) is 58.0 Å². The van der Waals surface area contributed by atoms with E-state index in [1.54, 1.807) is 75.4 Å². The van der Waals surface area contributed by atoms with Gasteiger partial charge in [0.1, 0.15) is 11.6 Å². The summed E-state index contributed by atoms with van der Waals surface area (Å²) in [6.45, 7) is 4.69. The van der Waals surface area contributed by atoms with Crippen LogP contribution < -0.4 is 20.3 Å². The molecular weight excluding hydrogens is 760 g/mol. The Balaban J connectivity index is 1.96. The van der Waals surface area contributed by atoms with Gasteiger partial charge in [-0.15, -0.1) is 0 Å². The minimum absolute atomic E-state index is 0.274. The highest BCUT2D eigenvalue weighted by atomic mass is 32.2. The van der Waals surface area contributed by atoms with E-state index in [0.29, 0.717) is 28.8 Å². The molecule has 4 amide bonds. The zero-order valence-corrected chi connectivity index (χ0v) is 31.5. The second-order valence-electron chi connectivity index (χ2n) is 13.5. The molecule has 1 heterocycles. The summed E-state index contributed by atoms with van der Waals surface area (Å²) >= 11 is 0.476. The fraction of sp³-hybridized carbons (Fsp3) is 0.500. The number of amides is 4. The molecule has 0 radical (unpaired) electrons. The van der Waals surface area contributed by atoms with Gasteiger partial charge < -0.3 is 25.0 Å². The molecule has 0 bridgehead atoms. The Morgan fingerprint density at radius 1 is 0.873 bits per heavy atom. The lowest BCUT2D eigenvalue weighted by atomic mass is 9.83. The summed E-state index contributed by atoms with van der Waals surface area (Å²) in [4.78, 5) is 71.8. The lowest BCUT2D eigenvalue weighted by molar-refractivity contribution is -0.147. The first-order valence-electron chi connectivity index (χ1n) is 17.0. The van der Waals surface area contributed by atoms with E-state index in [1.165, 1.54) is 11.9 Å². The number of benzene rings is 2. The molecule has 2 aromatic carbocycles. The number of benzodiazepines with no additional fused rings is 1. The van der Waals surface area contributed by atoms with E-state index in [2.05, 4.69) is 25.1 Å². The number of nitrogens with zero attached hydrogens (tertiary/aromatic N) is 2. The van der Waals surface area contributed by atoms with Crippen molar-refractivity contribution in [3.63, 3.8) is 0 Å². The zero-order chi connectivity index (χ0) is 41.1. The summed E-state index contributed by atoms with van der Waals surface area (Å²) in [7, 11) is 2.44. The van der Waals surface area contributed by atoms with Crippen molar-refractivity contribution in [3.8, 4) is 0 Å². The Morgan fingerprint density at radius 3 is 2.07 bits per heavy atom. The molecule has 0 saturated carbocycles. The van der Waals surface area contributed by atoms with Gasteiger partial charge in [0.15, 0.2) is 0 Å². The second kappa shape index (κ2) is 19.2. The van der Waals surface area contributed by atoms with Crippen LogP contribution in [0.15, 0.2) is 59.6 Å². The third-order valence-electron chi connectivity index (χ3n) is 8.14. The molecule has 1 aliphatic rings. The molecule has 302 valence electrons. The van der Waals surface area contributed by atoms with Crippen molar-refractivity contribution in [2.24, 2.45) is 16.8 Å². The molecular formula is C36H43F6N5O7S. The summed E-state index contributed by atoms with van der Waals surface area (Å²) in [6, 6.07) is 13.9. The van der Waals surface area contributed by atoms with Crippen molar-refractivity contribution < 1.29 is 59.8 Å². The molecule has 0 spiro atoms. The molecule has 55 heavy (non-hydrogen) atoms. The number of aliphatic imine (C=N–C) groups is 1. The van der Waals surface area contributed by atoms with Gasteiger partial charge in [0.25, 0.3) is 5.91 Å². The Morgan fingerprint density at radius 2 is 1.47 bits per heavy atom. The van der Waals surface area contributed by atoms with Crippen molar-refractivity contribution in [1.82, 2.24) is 15.4 Å².